The van der Waals surface area contributed by atoms with Gasteiger partial charge >= 0.3 is 6.09 Å². The molecule has 110 valence electrons. The fourth-order valence-corrected chi connectivity index (χ4v) is 3.20. The van der Waals surface area contributed by atoms with Gasteiger partial charge in [-0.25, -0.2) is 9.78 Å². The highest BCUT2D eigenvalue weighted by Crippen LogP contribution is 2.51. The van der Waals surface area contributed by atoms with E-state index in [-0.39, 0.29) is 0 Å². The number of aromatic nitrogens is 3. The highest BCUT2D eigenvalue weighted by atomic mass is 35.5. The number of carbonyl (C=O) groups excluding carboxylic acids is 1. The molecule has 1 aliphatic carbocycles. The van der Waals surface area contributed by atoms with Gasteiger partial charge in [-0.15, -0.1) is 10.2 Å². The predicted octanol–water partition coefficient (Wildman–Crippen LogP) is 2.38. The van der Waals surface area contributed by atoms with Crippen LogP contribution in [0.2, 0.25) is 5.15 Å². The first-order valence-corrected chi connectivity index (χ1v) is 7.39. The summed E-state index contributed by atoms with van der Waals surface area (Å²) in [4.78, 5) is 15.0. The number of amides is 1. The number of nitrogens with two attached hydrogens (primary N) is 1. The molecule has 0 spiro atoms. The molecular weight excluding hydrogens is 314 g/mol. The third-order valence-electron chi connectivity index (χ3n) is 3.19. The number of primary amides is 1. The van der Waals surface area contributed by atoms with Crippen molar-refractivity contribution in [3.05, 3.63) is 22.4 Å². The first-order valence-electron chi connectivity index (χ1n) is 6.20. The van der Waals surface area contributed by atoms with Crippen molar-refractivity contribution < 1.29 is 9.53 Å². The zero-order valence-electron chi connectivity index (χ0n) is 11.1. The van der Waals surface area contributed by atoms with Crippen molar-refractivity contribution in [3.63, 3.8) is 0 Å². The molecule has 2 aromatic heterocycles. The first kappa shape index (κ1) is 14.0. The molecular formula is C12H12ClN5O2S. The van der Waals surface area contributed by atoms with Gasteiger partial charge in [0.1, 0.15) is 5.15 Å². The molecule has 0 unspecified atom stereocenters. The van der Waals surface area contributed by atoms with E-state index in [4.69, 9.17) is 22.1 Å². The monoisotopic (exact) mass is 325 g/mol. The van der Waals surface area contributed by atoms with Crippen molar-refractivity contribution in [2.24, 2.45) is 5.73 Å². The lowest BCUT2D eigenvalue weighted by Gasteiger charge is -2.10. The predicted molar refractivity (Wildman–Crippen MR) is 79.3 cm³/mol. The minimum absolute atomic E-state index is 0.392. The third-order valence-corrected chi connectivity index (χ3v) is 4.53. The van der Waals surface area contributed by atoms with E-state index in [0.29, 0.717) is 28.0 Å². The van der Waals surface area contributed by atoms with E-state index in [1.807, 2.05) is 0 Å². The summed E-state index contributed by atoms with van der Waals surface area (Å²) in [6.07, 6.45) is 2.26. The molecule has 0 atom stereocenters. The molecule has 1 aliphatic rings. The minimum Gasteiger partial charge on any atom is -0.436 e. The highest BCUT2D eigenvalue weighted by Gasteiger charge is 2.51. The lowest BCUT2D eigenvalue weighted by Crippen LogP contribution is -2.22. The molecule has 3 rings (SSSR count). The van der Waals surface area contributed by atoms with Crippen LogP contribution in [0.3, 0.4) is 0 Å². The second-order valence-corrected chi connectivity index (χ2v) is 6.00. The summed E-state index contributed by atoms with van der Waals surface area (Å²) in [5.41, 5.74) is 6.00. The summed E-state index contributed by atoms with van der Waals surface area (Å²) in [6.45, 7) is 0. The van der Waals surface area contributed by atoms with Crippen LogP contribution in [-0.2, 0) is 10.3 Å². The van der Waals surface area contributed by atoms with Crippen LogP contribution < -0.4 is 11.1 Å². The van der Waals surface area contributed by atoms with Gasteiger partial charge < -0.3 is 15.8 Å². The van der Waals surface area contributed by atoms with Gasteiger partial charge in [0.05, 0.1) is 5.56 Å². The number of anilines is 1. The standard InChI is InChI=1S/C12H12ClN5O2S/c1-15-7-4-8(13)16-5-6(7)9-17-18-10(21-9)12(2-3-12)20-11(14)19/h4-5H,2-3H2,1H3,(H2,14,19)(H,15,16). The Morgan fingerprint density at radius 2 is 2.29 bits per heavy atom. The van der Waals surface area contributed by atoms with Gasteiger partial charge in [-0.05, 0) is 18.9 Å². The van der Waals surface area contributed by atoms with Crippen LogP contribution >= 0.6 is 22.9 Å². The molecule has 0 saturated heterocycles. The molecule has 1 amide bonds. The number of nitrogens with zero attached hydrogens (tertiary/aromatic N) is 3. The van der Waals surface area contributed by atoms with Gasteiger partial charge in [0.2, 0.25) is 0 Å². The van der Waals surface area contributed by atoms with E-state index in [9.17, 15) is 4.79 Å². The number of carbonyl (C=O) groups is 1. The van der Waals surface area contributed by atoms with E-state index in [1.165, 1.54) is 11.3 Å². The van der Waals surface area contributed by atoms with Crippen molar-refractivity contribution in [1.29, 1.82) is 0 Å². The van der Waals surface area contributed by atoms with Gasteiger partial charge in [-0.2, -0.15) is 0 Å². The van der Waals surface area contributed by atoms with Crippen LogP contribution in [0.5, 0.6) is 0 Å². The molecule has 3 N–H and O–H groups in total. The SMILES string of the molecule is CNc1cc(Cl)ncc1-c1nnc(C2(OC(N)=O)CC2)s1. The molecule has 7 nitrogen and oxygen atoms in total. The Morgan fingerprint density at radius 1 is 1.52 bits per heavy atom. The summed E-state index contributed by atoms with van der Waals surface area (Å²) < 4.78 is 5.15. The second-order valence-electron chi connectivity index (χ2n) is 4.63. The van der Waals surface area contributed by atoms with Gasteiger partial charge in [0.25, 0.3) is 0 Å². The molecule has 0 aliphatic heterocycles. The number of rotatable bonds is 4. The van der Waals surface area contributed by atoms with E-state index in [1.54, 1.807) is 19.3 Å². The molecule has 0 aromatic carbocycles. The van der Waals surface area contributed by atoms with Crippen LogP contribution in [0, 0.1) is 0 Å². The number of hydrogen-bond donors (Lipinski definition) is 2. The topological polar surface area (TPSA) is 103 Å². The van der Waals surface area contributed by atoms with Crippen LogP contribution in [0.15, 0.2) is 12.3 Å². The maximum Gasteiger partial charge on any atom is 0.405 e. The van der Waals surface area contributed by atoms with E-state index >= 15 is 0 Å². The van der Waals surface area contributed by atoms with E-state index in [0.717, 1.165) is 11.3 Å². The minimum atomic E-state index is -0.798. The van der Waals surface area contributed by atoms with Crippen molar-refractivity contribution in [2.75, 3.05) is 12.4 Å². The maximum absolute atomic E-state index is 11.0. The Balaban J connectivity index is 1.94. The Morgan fingerprint density at radius 3 is 2.90 bits per heavy atom. The molecule has 2 aromatic rings. The molecule has 0 bridgehead atoms. The Kier molecular flexibility index (Phi) is 3.42. The Labute approximate surface area is 129 Å². The van der Waals surface area contributed by atoms with Gasteiger partial charge in [-0.1, -0.05) is 22.9 Å². The number of pyridine rings is 1. The normalized spacial score (nSPS) is 15.5. The number of ether oxygens (including phenoxy) is 1. The Bertz CT molecular complexity index is 701. The van der Waals surface area contributed by atoms with Gasteiger partial charge in [0, 0.05) is 18.9 Å². The quantitative estimate of drug-likeness (QED) is 0.836. The first-order chi connectivity index (χ1) is 10.0. The van der Waals surface area contributed by atoms with Crippen molar-refractivity contribution >= 4 is 34.7 Å². The molecule has 1 saturated carbocycles. The van der Waals surface area contributed by atoms with E-state index in [2.05, 4.69) is 20.5 Å². The number of nitrogens with one attached hydrogen (secondary N) is 1. The summed E-state index contributed by atoms with van der Waals surface area (Å²) in [7, 11) is 1.79. The van der Waals surface area contributed by atoms with Crippen molar-refractivity contribution in [3.8, 4) is 10.6 Å². The maximum atomic E-state index is 11.0. The zero-order valence-corrected chi connectivity index (χ0v) is 12.7. The summed E-state index contributed by atoms with van der Waals surface area (Å²) >= 11 is 7.23. The molecule has 9 heteroatoms. The molecule has 1 fully saturated rings. The van der Waals surface area contributed by atoms with Crippen LogP contribution in [0.1, 0.15) is 17.8 Å². The van der Waals surface area contributed by atoms with E-state index < -0.39 is 11.7 Å². The zero-order chi connectivity index (χ0) is 15.0. The lowest BCUT2D eigenvalue weighted by atomic mass is 10.2. The summed E-state index contributed by atoms with van der Waals surface area (Å²) in [5.74, 6) is 0. The molecule has 21 heavy (non-hydrogen) atoms. The fourth-order valence-electron chi connectivity index (χ4n) is 1.99. The average Bonchev–Trinajstić information content (AvgIpc) is 3.03. The number of halogens is 1. The largest absolute Gasteiger partial charge is 0.436 e. The smallest absolute Gasteiger partial charge is 0.405 e. The van der Waals surface area contributed by atoms with Gasteiger partial charge in [0.15, 0.2) is 15.6 Å². The average molecular weight is 326 g/mol. The second kappa shape index (κ2) is 5.12. The van der Waals surface area contributed by atoms with Crippen LogP contribution in [0.25, 0.3) is 10.6 Å². The van der Waals surface area contributed by atoms with Crippen molar-refractivity contribution in [2.45, 2.75) is 18.4 Å². The van der Waals surface area contributed by atoms with Crippen molar-refractivity contribution in [1.82, 2.24) is 15.2 Å². The summed E-state index contributed by atoms with van der Waals surface area (Å²) in [6, 6.07) is 1.71. The van der Waals surface area contributed by atoms with Crippen LogP contribution in [0.4, 0.5) is 10.5 Å². The van der Waals surface area contributed by atoms with Gasteiger partial charge in [-0.3, -0.25) is 0 Å². The lowest BCUT2D eigenvalue weighted by molar-refractivity contribution is 0.0893. The summed E-state index contributed by atoms with van der Waals surface area (Å²) in [5, 5.41) is 13.0. The number of hydrogen-bond acceptors (Lipinski definition) is 7. The van der Waals surface area contributed by atoms with Crippen LogP contribution in [-0.4, -0.2) is 28.3 Å². The highest BCUT2D eigenvalue weighted by molar-refractivity contribution is 7.14. The molecule has 2 heterocycles. The fraction of sp³-hybridized carbons (Fsp3) is 0.333. The Hall–Kier alpha value is -1.93. The molecule has 0 radical (unpaired) electrons. The third kappa shape index (κ3) is 2.64.